The minimum Gasteiger partial charge on any atom is -0.445 e. The number of nitrogens with one attached hydrogen (secondary N) is 4. The summed E-state index contributed by atoms with van der Waals surface area (Å²) in [6, 6.07) is 13.7. The molecule has 7 amide bonds. The molecular weight excluding hydrogens is 940 g/mol. The third-order valence-corrected chi connectivity index (χ3v) is 13.0. The average Bonchev–Trinajstić information content (AvgIpc) is 4.11. The maximum atomic E-state index is 15.7. The molecule has 0 bridgehead atoms. The lowest BCUT2D eigenvalue weighted by atomic mass is 9.89. The molecule has 0 unspecified atom stereocenters. The van der Waals surface area contributed by atoms with E-state index in [9.17, 15) is 33.6 Å². The summed E-state index contributed by atoms with van der Waals surface area (Å²) >= 11 is 0. The van der Waals surface area contributed by atoms with Gasteiger partial charge in [-0.05, 0) is 93.3 Å². The molecule has 0 spiro atoms. The van der Waals surface area contributed by atoms with E-state index >= 15 is 4.39 Å². The molecule has 1 fully saturated rings. The summed E-state index contributed by atoms with van der Waals surface area (Å²) in [6.45, 7) is 5.71. The number of nitrogens with two attached hydrogens (primary N) is 1. The van der Waals surface area contributed by atoms with Gasteiger partial charge < -0.3 is 31.4 Å². The summed E-state index contributed by atoms with van der Waals surface area (Å²) in [4.78, 5) is 109. The number of hydrogen-bond acceptors (Lipinski definition) is 12. The predicted octanol–water partition coefficient (Wildman–Crippen LogP) is 6.50. The number of alkyl halides is 1. The molecule has 1 aliphatic carbocycles. The summed E-state index contributed by atoms with van der Waals surface area (Å²) in [5, 5.41) is 12.5. The Hall–Kier alpha value is -7.84. The Morgan fingerprint density at radius 2 is 1.71 bits per heavy atom. The summed E-state index contributed by atoms with van der Waals surface area (Å²) in [6.07, 6.45) is 8.06. The number of anilines is 1. The van der Waals surface area contributed by atoms with Gasteiger partial charge in [0.05, 0.1) is 35.7 Å². The number of aromatic amines is 1. The van der Waals surface area contributed by atoms with Crippen molar-refractivity contribution in [2.75, 3.05) is 18.4 Å². The van der Waals surface area contributed by atoms with Crippen molar-refractivity contribution in [3.8, 4) is 22.6 Å². The van der Waals surface area contributed by atoms with E-state index in [-0.39, 0.29) is 74.9 Å². The van der Waals surface area contributed by atoms with Gasteiger partial charge in [0.1, 0.15) is 24.9 Å². The molecule has 6 N–H and O–H groups in total. The molecule has 21 heteroatoms. The Labute approximate surface area is 422 Å². The normalized spacial score (nSPS) is 16.4. The SMILES string of the molecule is Cc1cccc(-c2[nH]c(CN(C(=O)OCc3ccc(NC(=O)[C@H](CCCNC(N)=O)CC(=O)[C@@H](NC(=O)CCCCCN4C(=O)C=CC4=O)C(C)C)cc3)[C@H]3CCCC[C@H]3F)nc2-c2ccc3ncnn3c2)n1. The van der Waals surface area contributed by atoms with E-state index in [4.69, 9.17) is 20.4 Å². The van der Waals surface area contributed by atoms with Gasteiger partial charge in [-0.15, -0.1) is 0 Å². The number of carbonyl (C=O) groups excluding carboxylic acids is 7. The first kappa shape index (κ1) is 53.0. The number of hydrogen-bond donors (Lipinski definition) is 5. The second-order valence-corrected chi connectivity index (χ2v) is 18.9. The van der Waals surface area contributed by atoms with Crippen molar-refractivity contribution in [2.24, 2.45) is 17.6 Å². The number of Topliss-reactive ketones (excluding diaryl/α,β-unsaturated/α-hetero) is 1. The molecule has 1 aromatic carbocycles. The van der Waals surface area contributed by atoms with Crippen LogP contribution in [0.5, 0.6) is 0 Å². The molecule has 1 saturated carbocycles. The van der Waals surface area contributed by atoms with Crippen molar-refractivity contribution in [3.63, 3.8) is 0 Å². The number of carbonyl (C=O) groups is 7. The highest BCUT2D eigenvalue weighted by molar-refractivity contribution is 6.12. The number of urea groups is 1. The highest BCUT2D eigenvalue weighted by Gasteiger charge is 2.36. The van der Waals surface area contributed by atoms with Gasteiger partial charge >= 0.3 is 12.1 Å². The van der Waals surface area contributed by atoms with Crippen molar-refractivity contribution in [3.05, 3.63) is 96.4 Å². The molecule has 4 aromatic heterocycles. The van der Waals surface area contributed by atoms with Gasteiger partial charge in [-0.1, -0.05) is 51.3 Å². The molecule has 4 atom stereocenters. The van der Waals surface area contributed by atoms with Crippen LogP contribution in [0.4, 0.5) is 19.7 Å². The van der Waals surface area contributed by atoms with Gasteiger partial charge in [0.25, 0.3) is 11.8 Å². The molecule has 20 nitrogen and oxygen atoms in total. The Balaban J connectivity index is 0.978. The molecule has 0 radical (unpaired) electrons. The molecule has 5 heterocycles. The molecule has 73 heavy (non-hydrogen) atoms. The summed E-state index contributed by atoms with van der Waals surface area (Å²) in [5.74, 6) is -2.53. The van der Waals surface area contributed by atoms with Crippen LogP contribution in [0.15, 0.2) is 79.3 Å². The van der Waals surface area contributed by atoms with E-state index in [1.54, 1.807) is 48.8 Å². The number of ether oxygens (including phenoxy) is 1. The number of fused-ring (bicyclic) bond motifs is 1. The van der Waals surface area contributed by atoms with Crippen LogP contribution in [-0.4, -0.2) is 112 Å². The molecule has 1 aliphatic heterocycles. The number of aryl methyl sites for hydroxylation is 1. The van der Waals surface area contributed by atoms with Crippen LogP contribution < -0.4 is 21.7 Å². The van der Waals surface area contributed by atoms with Crippen LogP contribution in [0, 0.1) is 18.8 Å². The van der Waals surface area contributed by atoms with E-state index in [0.29, 0.717) is 84.7 Å². The number of benzene rings is 1. The van der Waals surface area contributed by atoms with Gasteiger partial charge in [-0.25, -0.2) is 28.5 Å². The largest absolute Gasteiger partial charge is 0.445 e. The number of amides is 7. The lowest BCUT2D eigenvalue weighted by Crippen LogP contribution is -2.47. The molecule has 386 valence electrons. The Morgan fingerprint density at radius 1 is 0.945 bits per heavy atom. The number of ketones is 1. The monoisotopic (exact) mass is 1000 g/mol. The topological polar surface area (TPSA) is 269 Å². The first-order chi connectivity index (χ1) is 35.1. The Kier molecular flexibility index (Phi) is 18.1. The lowest BCUT2D eigenvalue weighted by molar-refractivity contribution is -0.137. The van der Waals surface area contributed by atoms with Crippen LogP contribution in [0.3, 0.4) is 0 Å². The predicted molar refractivity (Wildman–Crippen MR) is 268 cm³/mol. The van der Waals surface area contributed by atoms with Crippen molar-refractivity contribution in [1.82, 2.24) is 50.0 Å². The number of primary amides is 1. The minimum atomic E-state index is -1.27. The highest BCUT2D eigenvalue weighted by Crippen LogP contribution is 2.32. The third kappa shape index (κ3) is 14.4. The van der Waals surface area contributed by atoms with Gasteiger partial charge in [0.2, 0.25) is 11.8 Å². The number of rotatable bonds is 24. The standard InChI is InChI=1S/C52H63FN12O8/c1-32(2)47(62-44(67)16-5-4-8-26-63-45(68)23-24-46(63)69)41(66)27-35(12-10-25-55-51(54)71)50(70)59-37-20-17-34(18-21-37)30-73-52(72)64(40-15-7-6-13-38(40)53)29-42-60-48(36-19-22-43-56-31-57-65(43)28-36)49(61-42)39-14-9-11-33(3)58-39/h9,11,14,17-24,28,31-32,35,38,40,47H,4-8,10,12-13,15-16,25-27,29-30H2,1-3H3,(H,59,70)(H,60,61)(H,62,67)(H3,54,55,71)/t35-,38-,40+,47+/m1/s1. The first-order valence-corrected chi connectivity index (χ1v) is 24.8. The fraction of sp³-hybridized carbons (Fsp3) is 0.442. The van der Waals surface area contributed by atoms with Crippen LogP contribution in [0.25, 0.3) is 28.3 Å². The Morgan fingerprint density at radius 3 is 2.44 bits per heavy atom. The van der Waals surface area contributed by atoms with E-state index < -0.39 is 42.2 Å². The fourth-order valence-electron chi connectivity index (χ4n) is 9.09. The zero-order valence-corrected chi connectivity index (χ0v) is 41.4. The second-order valence-electron chi connectivity index (χ2n) is 18.9. The smallest absolute Gasteiger partial charge is 0.410 e. The highest BCUT2D eigenvalue weighted by atomic mass is 19.1. The molecule has 7 rings (SSSR count). The lowest BCUT2D eigenvalue weighted by Gasteiger charge is -2.35. The maximum absolute atomic E-state index is 15.7. The first-order valence-electron chi connectivity index (χ1n) is 24.8. The number of H-pyrrole nitrogens is 1. The maximum Gasteiger partial charge on any atom is 0.410 e. The van der Waals surface area contributed by atoms with Crippen LogP contribution in [0.1, 0.15) is 102 Å². The molecule has 0 saturated heterocycles. The van der Waals surface area contributed by atoms with Crippen molar-refractivity contribution < 1.29 is 42.7 Å². The van der Waals surface area contributed by atoms with E-state index in [1.165, 1.54) is 23.4 Å². The molecule has 5 aromatic rings. The second kappa shape index (κ2) is 25.0. The van der Waals surface area contributed by atoms with E-state index in [2.05, 4.69) is 31.0 Å². The zero-order valence-electron chi connectivity index (χ0n) is 41.4. The van der Waals surface area contributed by atoms with Gasteiger partial charge in [0, 0.05) is 67.1 Å². The van der Waals surface area contributed by atoms with E-state index in [1.807, 2.05) is 37.3 Å². The number of pyridine rings is 2. The molecule has 2 aliphatic rings. The third-order valence-electron chi connectivity index (χ3n) is 13.0. The number of aromatic nitrogens is 6. The van der Waals surface area contributed by atoms with Crippen molar-refractivity contribution in [2.45, 2.75) is 123 Å². The van der Waals surface area contributed by atoms with Crippen molar-refractivity contribution >= 4 is 52.9 Å². The molecular formula is C52H63FN12O8. The number of nitrogens with zero attached hydrogens (tertiary/aromatic N) is 7. The van der Waals surface area contributed by atoms with Crippen LogP contribution in [-0.2, 0) is 41.9 Å². The van der Waals surface area contributed by atoms with Crippen LogP contribution >= 0.6 is 0 Å². The summed E-state index contributed by atoms with van der Waals surface area (Å²) in [7, 11) is 0. The van der Waals surface area contributed by atoms with Gasteiger partial charge in [0.15, 0.2) is 11.4 Å². The Bertz CT molecular complexity index is 2790. The minimum absolute atomic E-state index is 0.0705. The number of halogens is 1. The van der Waals surface area contributed by atoms with Crippen molar-refractivity contribution in [1.29, 1.82) is 0 Å². The van der Waals surface area contributed by atoms with Gasteiger partial charge in [-0.3, -0.25) is 38.8 Å². The van der Waals surface area contributed by atoms with Crippen LogP contribution in [0.2, 0.25) is 0 Å². The number of imidazole rings is 1. The number of imide groups is 1. The quantitative estimate of drug-likeness (QED) is 0.0328. The summed E-state index contributed by atoms with van der Waals surface area (Å²) < 4.78 is 23.2. The zero-order chi connectivity index (χ0) is 52.0. The average molecular weight is 1000 g/mol. The van der Waals surface area contributed by atoms with E-state index in [0.717, 1.165) is 22.6 Å². The fourth-order valence-corrected chi connectivity index (χ4v) is 9.09. The van der Waals surface area contributed by atoms with Gasteiger partial charge in [-0.2, -0.15) is 5.10 Å². The summed E-state index contributed by atoms with van der Waals surface area (Å²) in [5.41, 5.74) is 10.3. The number of unbranched alkanes of at least 4 members (excludes halogenated alkanes) is 2.